The highest BCUT2D eigenvalue weighted by Gasteiger charge is 2.04. The van der Waals surface area contributed by atoms with E-state index < -0.39 is 17.1 Å². The van der Waals surface area contributed by atoms with Crippen molar-refractivity contribution < 1.29 is 13.9 Å². The Balaban J connectivity index is 4.46. The molecule has 4 nitrogen and oxygen atoms in total. The van der Waals surface area contributed by atoms with Crippen molar-refractivity contribution in [1.82, 2.24) is 0 Å². The molecule has 14 heavy (non-hydrogen) atoms. The van der Waals surface area contributed by atoms with Crippen LogP contribution in [0.5, 0.6) is 0 Å². The van der Waals surface area contributed by atoms with E-state index in [-0.39, 0.29) is 12.2 Å². The highest BCUT2D eigenvalue weighted by molar-refractivity contribution is 6.82. The van der Waals surface area contributed by atoms with Gasteiger partial charge in [-0.05, 0) is 13.8 Å². The normalized spacial score (nSPS) is 12.6. The fourth-order valence-corrected chi connectivity index (χ4v) is 0.557. The molecule has 0 aromatic heterocycles. The van der Waals surface area contributed by atoms with E-state index in [9.17, 15) is 9.18 Å². The number of rotatable bonds is 4. The molecule has 0 spiro atoms. The largest absolute Gasteiger partial charge is 0.463 e. The first-order valence-corrected chi connectivity index (χ1v) is 4.18. The maximum Gasteiger partial charge on any atom is 0.335 e. The predicted octanol–water partition coefficient (Wildman–Crippen LogP) is 2.04. The quantitative estimate of drug-likeness (QED) is 0.448. The minimum absolute atomic E-state index is 0.186. The summed E-state index contributed by atoms with van der Waals surface area (Å²) in [5, 5.41) is 5.86. The number of halogens is 2. The van der Waals surface area contributed by atoms with Crippen molar-refractivity contribution in [3.63, 3.8) is 0 Å². The highest BCUT2D eigenvalue weighted by Crippen LogP contribution is 1.99. The second-order valence-corrected chi connectivity index (χ2v) is 2.62. The average molecular weight is 221 g/mol. The van der Waals surface area contributed by atoms with Gasteiger partial charge in [-0.2, -0.15) is 4.39 Å². The lowest BCUT2D eigenvalue weighted by atomic mass is 10.3. The summed E-state index contributed by atoms with van der Waals surface area (Å²) in [5.74, 6) is -1.90. The molecule has 0 amide bonds. The summed E-state index contributed by atoms with van der Waals surface area (Å²) in [6.07, 6.45) is 1.05. The molecule has 0 aliphatic carbocycles. The maximum atomic E-state index is 12.1. The Kier molecular flexibility index (Phi) is 5.71. The van der Waals surface area contributed by atoms with Crippen LogP contribution in [0.3, 0.4) is 0 Å². The Morgan fingerprint density at radius 1 is 1.71 bits per heavy atom. The van der Waals surface area contributed by atoms with Gasteiger partial charge in [0.1, 0.15) is 0 Å². The Labute approximate surface area is 85.9 Å². The first-order chi connectivity index (χ1) is 6.49. The number of hydrogen-bond donors (Lipinski definition) is 1. The van der Waals surface area contributed by atoms with E-state index in [2.05, 4.69) is 9.73 Å². The van der Waals surface area contributed by atoms with E-state index in [1.165, 1.54) is 6.92 Å². The smallest absolute Gasteiger partial charge is 0.335 e. The van der Waals surface area contributed by atoms with Crippen LogP contribution >= 0.6 is 11.6 Å². The van der Waals surface area contributed by atoms with E-state index in [0.717, 1.165) is 6.20 Å². The number of nitrogens with zero attached hydrogens (tertiary/aromatic N) is 1. The molecule has 0 atom stereocenters. The molecule has 0 aromatic carbocycles. The van der Waals surface area contributed by atoms with Gasteiger partial charge in [0.2, 0.25) is 5.97 Å². The Morgan fingerprint density at radius 2 is 2.29 bits per heavy atom. The van der Waals surface area contributed by atoms with E-state index in [1.807, 2.05) is 0 Å². The number of carbonyl (C=O) groups excluding carboxylic acids is 1. The van der Waals surface area contributed by atoms with Crippen LogP contribution in [-0.4, -0.2) is 23.7 Å². The Hall–Kier alpha value is -1.23. The molecule has 0 bridgehead atoms. The highest BCUT2D eigenvalue weighted by atomic mass is 35.5. The third-order valence-corrected chi connectivity index (χ3v) is 1.41. The minimum atomic E-state index is -1.35. The predicted molar refractivity (Wildman–Crippen MR) is 52.5 cm³/mol. The zero-order valence-corrected chi connectivity index (χ0v) is 8.56. The molecular formula is C8H10ClFN2O2. The summed E-state index contributed by atoms with van der Waals surface area (Å²) >= 11 is 5.20. The molecule has 0 radical (unpaired) electrons. The summed E-state index contributed by atoms with van der Waals surface area (Å²) in [5.41, 5.74) is 0.186. The van der Waals surface area contributed by atoms with Crippen LogP contribution in [0.1, 0.15) is 13.8 Å². The SMILES string of the molecule is CCOC(=O)/C(C)=C/N=C(Cl)C(=N)F. The maximum absolute atomic E-state index is 12.1. The number of nitrogens with one attached hydrogen (secondary N) is 1. The van der Waals surface area contributed by atoms with E-state index >= 15 is 0 Å². The number of ether oxygens (including phenoxy) is 1. The zero-order chi connectivity index (χ0) is 11.1. The van der Waals surface area contributed by atoms with Crippen molar-refractivity contribution in [2.75, 3.05) is 6.61 Å². The summed E-state index contributed by atoms with van der Waals surface area (Å²) in [7, 11) is 0. The van der Waals surface area contributed by atoms with Crippen LogP contribution in [0.25, 0.3) is 0 Å². The number of esters is 1. The van der Waals surface area contributed by atoms with Gasteiger partial charge in [-0.1, -0.05) is 11.6 Å². The molecule has 78 valence electrons. The van der Waals surface area contributed by atoms with Crippen molar-refractivity contribution in [3.8, 4) is 0 Å². The van der Waals surface area contributed by atoms with Gasteiger partial charge in [0.15, 0.2) is 5.17 Å². The van der Waals surface area contributed by atoms with Crippen LogP contribution in [0.2, 0.25) is 0 Å². The van der Waals surface area contributed by atoms with Crippen molar-refractivity contribution in [3.05, 3.63) is 11.8 Å². The molecule has 0 heterocycles. The third-order valence-electron chi connectivity index (χ3n) is 1.15. The van der Waals surface area contributed by atoms with Gasteiger partial charge in [-0.3, -0.25) is 5.41 Å². The second kappa shape index (κ2) is 6.26. The van der Waals surface area contributed by atoms with Crippen molar-refractivity contribution in [2.45, 2.75) is 13.8 Å². The van der Waals surface area contributed by atoms with E-state index in [1.54, 1.807) is 6.92 Å². The number of hydrogen-bond acceptors (Lipinski definition) is 4. The lowest BCUT2D eigenvalue weighted by Gasteiger charge is -1.98. The van der Waals surface area contributed by atoms with Crippen molar-refractivity contribution >= 4 is 28.7 Å². The first-order valence-electron chi connectivity index (χ1n) is 3.80. The molecule has 0 saturated heterocycles. The summed E-state index contributed by atoms with van der Waals surface area (Å²) in [6.45, 7) is 3.37. The van der Waals surface area contributed by atoms with Crippen LogP contribution < -0.4 is 0 Å². The standard InChI is InChI=1S/C8H10ClFN2O2/c1-3-14-8(13)5(2)4-12-6(9)7(10)11/h4,11H,3H2,1-2H3/b5-4+,11-7?,12-6?. The monoisotopic (exact) mass is 220 g/mol. The van der Waals surface area contributed by atoms with Crippen LogP contribution in [0.4, 0.5) is 4.39 Å². The Morgan fingerprint density at radius 3 is 2.71 bits per heavy atom. The van der Waals surface area contributed by atoms with Crippen molar-refractivity contribution in [2.24, 2.45) is 4.99 Å². The van der Waals surface area contributed by atoms with E-state index in [4.69, 9.17) is 17.0 Å². The Bertz CT molecular complexity index is 300. The second-order valence-electron chi connectivity index (χ2n) is 2.27. The molecule has 1 N–H and O–H groups in total. The van der Waals surface area contributed by atoms with Gasteiger partial charge in [0.05, 0.1) is 12.2 Å². The lowest BCUT2D eigenvalue weighted by molar-refractivity contribution is -0.138. The molecule has 0 fully saturated rings. The third kappa shape index (κ3) is 4.71. The summed E-state index contributed by atoms with van der Waals surface area (Å²) in [6, 6.07) is 0. The number of aliphatic imine (C=N–C) groups is 1. The van der Waals surface area contributed by atoms with Crippen LogP contribution in [0.15, 0.2) is 16.8 Å². The van der Waals surface area contributed by atoms with Crippen molar-refractivity contribution in [1.29, 1.82) is 5.41 Å². The first kappa shape index (κ1) is 12.8. The molecule has 0 aromatic rings. The van der Waals surface area contributed by atoms with Crippen LogP contribution in [-0.2, 0) is 9.53 Å². The number of carbonyl (C=O) groups is 1. The fourth-order valence-electron chi connectivity index (χ4n) is 0.508. The van der Waals surface area contributed by atoms with Gasteiger partial charge in [-0.25, -0.2) is 9.79 Å². The molecule has 0 saturated carbocycles. The van der Waals surface area contributed by atoms with Crippen LogP contribution in [0, 0.1) is 5.41 Å². The van der Waals surface area contributed by atoms with Gasteiger partial charge < -0.3 is 4.74 Å². The topological polar surface area (TPSA) is 62.5 Å². The van der Waals surface area contributed by atoms with Gasteiger partial charge in [0.25, 0.3) is 0 Å². The molecule has 0 unspecified atom stereocenters. The summed E-state index contributed by atoms with van der Waals surface area (Å²) in [4.78, 5) is 14.3. The molecule has 0 aliphatic rings. The lowest BCUT2D eigenvalue weighted by Crippen LogP contribution is -2.05. The van der Waals surface area contributed by atoms with Gasteiger partial charge in [-0.15, -0.1) is 0 Å². The van der Waals surface area contributed by atoms with Gasteiger partial charge in [0, 0.05) is 6.20 Å². The fraction of sp³-hybridized carbons (Fsp3) is 0.375. The molecular weight excluding hydrogens is 211 g/mol. The van der Waals surface area contributed by atoms with E-state index in [0.29, 0.717) is 0 Å². The van der Waals surface area contributed by atoms with Gasteiger partial charge >= 0.3 is 5.97 Å². The summed E-state index contributed by atoms with van der Waals surface area (Å²) < 4.78 is 16.7. The minimum Gasteiger partial charge on any atom is -0.463 e. The molecule has 0 aliphatic heterocycles. The molecule has 6 heteroatoms. The zero-order valence-electron chi connectivity index (χ0n) is 7.80. The average Bonchev–Trinajstić information content (AvgIpc) is 2.13. The molecule has 0 rings (SSSR count).